The van der Waals surface area contributed by atoms with E-state index in [9.17, 15) is 4.79 Å². The monoisotopic (exact) mass is 363 g/mol. The minimum Gasteiger partial charge on any atom is -0.497 e. The number of anilines is 1. The van der Waals surface area contributed by atoms with Gasteiger partial charge in [0.15, 0.2) is 0 Å². The molecule has 0 radical (unpaired) electrons. The molecule has 0 saturated heterocycles. The Kier molecular flexibility index (Phi) is 4.75. The number of H-pyrrole nitrogens is 1. The van der Waals surface area contributed by atoms with Gasteiger partial charge in [0.1, 0.15) is 11.8 Å². The largest absolute Gasteiger partial charge is 0.497 e. The number of nitrogens with zero attached hydrogens (tertiary/aromatic N) is 1. The Labute approximate surface area is 159 Å². The Morgan fingerprint density at radius 1 is 1.26 bits per heavy atom. The predicted molar refractivity (Wildman–Crippen MR) is 108 cm³/mol. The summed E-state index contributed by atoms with van der Waals surface area (Å²) in [5, 5.41) is 4.65. The van der Waals surface area contributed by atoms with Crippen LogP contribution in [0.2, 0.25) is 0 Å². The molecule has 3 aromatic rings. The Bertz CT molecular complexity index is 963. The van der Waals surface area contributed by atoms with Crippen LogP contribution in [0.4, 0.5) is 5.69 Å². The van der Waals surface area contributed by atoms with Crippen molar-refractivity contribution in [1.29, 1.82) is 0 Å². The zero-order valence-electron chi connectivity index (χ0n) is 15.8. The number of hydrogen-bond acceptors (Lipinski definition) is 3. The van der Waals surface area contributed by atoms with E-state index < -0.39 is 0 Å². The van der Waals surface area contributed by atoms with Crippen molar-refractivity contribution in [2.75, 3.05) is 19.0 Å². The third kappa shape index (κ3) is 3.37. The molecule has 2 N–H and O–H groups in total. The van der Waals surface area contributed by atoms with Crippen molar-refractivity contribution in [3.05, 3.63) is 59.8 Å². The molecule has 4 rings (SSSR count). The van der Waals surface area contributed by atoms with E-state index in [1.807, 2.05) is 42.2 Å². The number of nitrogens with one attached hydrogen (secondary N) is 2. The van der Waals surface area contributed by atoms with Gasteiger partial charge in [0.2, 0.25) is 5.91 Å². The van der Waals surface area contributed by atoms with E-state index in [0.29, 0.717) is 6.54 Å². The second-order valence-corrected chi connectivity index (χ2v) is 6.97. The molecule has 0 aliphatic carbocycles. The molecule has 1 unspecified atom stereocenters. The van der Waals surface area contributed by atoms with E-state index in [1.54, 1.807) is 7.11 Å². The van der Waals surface area contributed by atoms with E-state index >= 15 is 0 Å². The fourth-order valence-corrected chi connectivity index (χ4v) is 3.85. The maximum atomic E-state index is 13.1. The van der Waals surface area contributed by atoms with Crippen LogP contribution in [0, 0.1) is 0 Å². The molecular weight excluding hydrogens is 338 g/mol. The average molecular weight is 363 g/mol. The normalized spacial score (nSPS) is 14.7. The first-order chi connectivity index (χ1) is 13.2. The molecule has 1 amide bonds. The molecule has 27 heavy (non-hydrogen) atoms. The maximum Gasteiger partial charge on any atom is 0.245 e. The fraction of sp³-hybridized carbons (Fsp3) is 0.318. The average Bonchev–Trinajstić information content (AvgIpc) is 3.09. The van der Waals surface area contributed by atoms with Crippen molar-refractivity contribution in [3.8, 4) is 5.75 Å². The lowest BCUT2D eigenvalue weighted by Gasteiger charge is -2.31. The van der Waals surface area contributed by atoms with Crippen LogP contribution in [-0.4, -0.2) is 35.5 Å². The summed E-state index contributed by atoms with van der Waals surface area (Å²) in [5.74, 6) is 0.924. The SMILES string of the molecule is CCC(Nc1cccc(OC)c1)C(=O)N1CCc2c([nH]c3ccccc23)C1. The van der Waals surface area contributed by atoms with Crippen molar-refractivity contribution in [1.82, 2.24) is 9.88 Å². The topological polar surface area (TPSA) is 57.4 Å². The molecule has 1 aliphatic rings. The lowest BCUT2D eigenvalue weighted by Crippen LogP contribution is -2.44. The second-order valence-electron chi connectivity index (χ2n) is 6.97. The number of benzene rings is 2. The lowest BCUT2D eigenvalue weighted by atomic mass is 10.0. The number of aromatic nitrogens is 1. The molecule has 0 saturated carbocycles. The van der Waals surface area contributed by atoms with Crippen LogP contribution < -0.4 is 10.1 Å². The van der Waals surface area contributed by atoms with Crippen molar-refractivity contribution in [3.63, 3.8) is 0 Å². The standard InChI is InChI=1S/C22H25N3O2/c1-3-19(23-15-7-6-8-16(13-15)27-2)22(26)25-12-11-18-17-9-4-5-10-20(17)24-21(18)14-25/h4-10,13,19,23-24H,3,11-12,14H2,1-2H3. The third-order valence-electron chi connectivity index (χ3n) is 5.31. The van der Waals surface area contributed by atoms with E-state index in [0.717, 1.165) is 42.0 Å². The molecule has 5 nitrogen and oxygen atoms in total. The first-order valence-electron chi connectivity index (χ1n) is 9.47. The van der Waals surface area contributed by atoms with Crippen molar-refractivity contribution in [2.24, 2.45) is 0 Å². The highest BCUT2D eigenvalue weighted by Gasteiger charge is 2.28. The molecule has 0 spiro atoms. The van der Waals surface area contributed by atoms with E-state index in [1.165, 1.54) is 10.9 Å². The van der Waals surface area contributed by atoms with Crippen LogP contribution in [0.1, 0.15) is 24.6 Å². The molecule has 140 valence electrons. The molecule has 0 fully saturated rings. The molecule has 2 aromatic carbocycles. The van der Waals surface area contributed by atoms with Gasteiger partial charge in [-0.1, -0.05) is 31.2 Å². The quantitative estimate of drug-likeness (QED) is 0.722. The highest BCUT2D eigenvalue weighted by Crippen LogP contribution is 2.28. The predicted octanol–water partition coefficient (Wildman–Crippen LogP) is 3.95. The number of hydrogen-bond donors (Lipinski definition) is 2. The fourth-order valence-electron chi connectivity index (χ4n) is 3.85. The Balaban J connectivity index is 1.51. The summed E-state index contributed by atoms with van der Waals surface area (Å²) in [7, 11) is 1.65. The van der Waals surface area contributed by atoms with Crippen molar-refractivity contribution >= 4 is 22.5 Å². The zero-order valence-corrected chi connectivity index (χ0v) is 15.8. The molecular formula is C22H25N3O2. The molecule has 1 atom stereocenters. The number of amides is 1. The highest BCUT2D eigenvalue weighted by molar-refractivity contribution is 5.87. The minimum atomic E-state index is -0.247. The second kappa shape index (κ2) is 7.35. The van der Waals surface area contributed by atoms with Gasteiger partial charge in [-0.2, -0.15) is 0 Å². The lowest BCUT2D eigenvalue weighted by molar-refractivity contribution is -0.133. The molecule has 0 bridgehead atoms. The first kappa shape index (κ1) is 17.5. The maximum absolute atomic E-state index is 13.1. The van der Waals surface area contributed by atoms with Gasteiger partial charge in [0, 0.05) is 34.9 Å². The van der Waals surface area contributed by atoms with Crippen LogP contribution >= 0.6 is 0 Å². The van der Waals surface area contributed by atoms with Crippen molar-refractivity contribution < 1.29 is 9.53 Å². The number of fused-ring (bicyclic) bond motifs is 3. The summed E-state index contributed by atoms with van der Waals surface area (Å²) < 4.78 is 5.28. The van der Waals surface area contributed by atoms with Gasteiger partial charge in [0.25, 0.3) is 0 Å². The Hall–Kier alpha value is -2.95. The zero-order chi connectivity index (χ0) is 18.8. The van der Waals surface area contributed by atoms with Gasteiger partial charge in [-0.05, 0) is 36.6 Å². The summed E-state index contributed by atoms with van der Waals surface area (Å²) in [5.41, 5.74) is 4.56. The van der Waals surface area contributed by atoms with Crippen LogP contribution in [0.5, 0.6) is 5.75 Å². The Morgan fingerprint density at radius 3 is 2.93 bits per heavy atom. The number of methoxy groups -OCH3 is 1. The van der Waals surface area contributed by atoms with Gasteiger partial charge in [-0.25, -0.2) is 0 Å². The summed E-state index contributed by atoms with van der Waals surface area (Å²) in [4.78, 5) is 18.6. The van der Waals surface area contributed by atoms with Gasteiger partial charge >= 0.3 is 0 Å². The van der Waals surface area contributed by atoms with Crippen LogP contribution in [0.25, 0.3) is 10.9 Å². The van der Waals surface area contributed by atoms with Gasteiger partial charge in [-0.15, -0.1) is 0 Å². The molecule has 2 heterocycles. The molecule has 1 aromatic heterocycles. The van der Waals surface area contributed by atoms with E-state index in [2.05, 4.69) is 28.5 Å². The smallest absolute Gasteiger partial charge is 0.245 e. The summed E-state index contributed by atoms with van der Waals surface area (Å²) >= 11 is 0. The number of carbonyl (C=O) groups excluding carboxylic acids is 1. The van der Waals surface area contributed by atoms with Crippen molar-refractivity contribution in [2.45, 2.75) is 32.4 Å². The molecule has 1 aliphatic heterocycles. The summed E-state index contributed by atoms with van der Waals surface area (Å²) in [6.45, 7) is 3.43. The number of carbonyl (C=O) groups is 1. The minimum absolute atomic E-state index is 0.143. The van der Waals surface area contributed by atoms with E-state index in [-0.39, 0.29) is 11.9 Å². The molecule has 5 heteroatoms. The van der Waals surface area contributed by atoms with Crippen LogP contribution in [0.15, 0.2) is 48.5 Å². The van der Waals surface area contributed by atoms with Crippen LogP contribution in [0.3, 0.4) is 0 Å². The number of aromatic amines is 1. The summed E-state index contributed by atoms with van der Waals surface area (Å²) in [6.07, 6.45) is 1.62. The van der Waals surface area contributed by atoms with Gasteiger partial charge in [-0.3, -0.25) is 4.79 Å². The van der Waals surface area contributed by atoms with Crippen LogP contribution in [-0.2, 0) is 17.8 Å². The number of ether oxygens (including phenoxy) is 1. The first-order valence-corrected chi connectivity index (χ1v) is 9.47. The van der Waals surface area contributed by atoms with Gasteiger partial charge < -0.3 is 19.9 Å². The summed E-state index contributed by atoms with van der Waals surface area (Å²) in [6, 6.07) is 15.8. The van der Waals surface area contributed by atoms with Gasteiger partial charge in [0.05, 0.1) is 13.7 Å². The third-order valence-corrected chi connectivity index (χ3v) is 5.31. The number of para-hydroxylation sites is 1. The Morgan fingerprint density at radius 2 is 2.11 bits per heavy atom. The number of rotatable bonds is 5. The van der Waals surface area contributed by atoms with E-state index in [4.69, 9.17) is 4.74 Å². The highest BCUT2D eigenvalue weighted by atomic mass is 16.5.